The van der Waals surface area contributed by atoms with Crippen LogP contribution in [0.3, 0.4) is 0 Å². The van der Waals surface area contributed by atoms with Crippen LogP contribution in [0.1, 0.15) is 80.1 Å². The highest BCUT2D eigenvalue weighted by Gasteiger charge is 2.66. The fourth-order valence-corrected chi connectivity index (χ4v) is 5.39. The Morgan fingerprint density at radius 1 is 1.10 bits per heavy atom. The van der Waals surface area contributed by atoms with Gasteiger partial charge in [-0.1, -0.05) is 45.8 Å². The van der Waals surface area contributed by atoms with Gasteiger partial charge in [-0.25, -0.2) is 9.59 Å². The van der Waals surface area contributed by atoms with Gasteiger partial charge in [-0.2, -0.15) is 0 Å². The Labute approximate surface area is 246 Å². The lowest BCUT2D eigenvalue weighted by Gasteiger charge is -2.39. The van der Waals surface area contributed by atoms with Crippen molar-refractivity contribution in [1.29, 1.82) is 0 Å². The van der Waals surface area contributed by atoms with E-state index in [1.165, 1.54) is 5.57 Å². The van der Waals surface area contributed by atoms with Crippen molar-refractivity contribution in [2.45, 2.75) is 110 Å². The number of nitrogens with zero attached hydrogens (tertiary/aromatic N) is 1. The van der Waals surface area contributed by atoms with E-state index >= 15 is 0 Å². The summed E-state index contributed by atoms with van der Waals surface area (Å²) < 4.78 is 28.5. The molecule has 1 aliphatic carbocycles. The number of allylic oxidation sites excluding steroid dienone is 1. The summed E-state index contributed by atoms with van der Waals surface area (Å²) >= 11 is 0. The molecule has 236 valence electrons. The van der Waals surface area contributed by atoms with Gasteiger partial charge >= 0.3 is 12.2 Å². The molecule has 0 aromatic carbocycles. The highest BCUT2D eigenvalue weighted by atomic mass is 16.6. The van der Waals surface area contributed by atoms with Crippen molar-refractivity contribution in [1.82, 2.24) is 15.5 Å². The molecular formula is C30H53N3O8. The third kappa shape index (κ3) is 11.2. The quantitative estimate of drug-likeness (QED) is 0.165. The SMILES string of the molecule is CC.CCCCOC(=O)NCCN(CCC)CC(=O)NC(=O)OC1CCC2(CO2)C(C2OC2CC=C(C)C)C1OC. The maximum Gasteiger partial charge on any atom is 0.414 e. The van der Waals surface area contributed by atoms with E-state index in [-0.39, 0.29) is 36.4 Å². The van der Waals surface area contributed by atoms with Crippen LogP contribution in [0.25, 0.3) is 0 Å². The number of rotatable bonds is 15. The number of alkyl carbamates (subject to hydrolysis) is 2. The van der Waals surface area contributed by atoms with Crippen LogP contribution in [0.5, 0.6) is 0 Å². The first-order chi connectivity index (χ1) is 19.7. The molecular weight excluding hydrogens is 530 g/mol. The zero-order valence-corrected chi connectivity index (χ0v) is 26.2. The maximum absolute atomic E-state index is 12.7. The highest BCUT2D eigenvalue weighted by molar-refractivity contribution is 5.92. The number of hydrogen-bond donors (Lipinski definition) is 2. The summed E-state index contributed by atoms with van der Waals surface area (Å²) in [5.41, 5.74) is 0.962. The number of imide groups is 1. The molecule has 0 aromatic rings. The first-order valence-electron chi connectivity index (χ1n) is 15.3. The van der Waals surface area contributed by atoms with Gasteiger partial charge in [0.15, 0.2) is 0 Å². The standard InChI is InChI=1S/C28H47N3O8.C2H6/c1-6-8-16-36-26(33)29-13-15-31(14-7-2)17-22(32)30-27(34)39-21-11-12-28(18-37-28)23(24(21)35-5)25-20(38-25)10-9-19(3)4;1-2/h9,20-21,23-25H,6-8,10-18H2,1-5H3,(H,29,33)(H,30,32,34);1-2H3. The molecule has 3 aliphatic rings. The van der Waals surface area contributed by atoms with Gasteiger partial charge < -0.3 is 29.0 Å². The number of amides is 3. The number of methoxy groups -OCH3 is 1. The van der Waals surface area contributed by atoms with Crippen LogP contribution < -0.4 is 10.6 Å². The Hall–Kier alpha value is -2.21. The zero-order chi connectivity index (χ0) is 30.4. The number of ether oxygens (including phenoxy) is 5. The van der Waals surface area contributed by atoms with Crippen molar-refractivity contribution < 1.29 is 38.1 Å². The molecule has 1 saturated carbocycles. The third-order valence-corrected chi connectivity index (χ3v) is 7.54. The van der Waals surface area contributed by atoms with Gasteiger partial charge in [-0.3, -0.25) is 15.0 Å². The number of epoxide rings is 2. The molecule has 3 rings (SSSR count). The molecule has 1 spiro atoms. The van der Waals surface area contributed by atoms with E-state index in [0.717, 1.165) is 32.1 Å². The average molecular weight is 584 g/mol. The lowest BCUT2D eigenvalue weighted by molar-refractivity contribution is -0.124. The molecule has 6 unspecified atom stereocenters. The second-order valence-corrected chi connectivity index (χ2v) is 11.0. The maximum atomic E-state index is 12.7. The Bertz CT molecular complexity index is 859. The summed E-state index contributed by atoms with van der Waals surface area (Å²) in [5.74, 6) is -0.504. The first kappa shape index (κ1) is 35.0. The largest absolute Gasteiger partial charge is 0.450 e. The molecule has 2 N–H and O–H groups in total. The number of carbonyl (C=O) groups is 3. The van der Waals surface area contributed by atoms with E-state index in [0.29, 0.717) is 39.3 Å². The van der Waals surface area contributed by atoms with Crippen molar-refractivity contribution >= 4 is 18.1 Å². The molecule has 6 atom stereocenters. The minimum atomic E-state index is -0.787. The van der Waals surface area contributed by atoms with E-state index < -0.39 is 24.2 Å². The van der Waals surface area contributed by atoms with Crippen molar-refractivity contribution in [3.63, 3.8) is 0 Å². The van der Waals surface area contributed by atoms with Crippen molar-refractivity contribution in [3.8, 4) is 0 Å². The van der Waals surface area contributed by atoms with Crippen molar-refractivity contribution in [2.75, 3.05) is 46.5 Å². The molecule has 41 heavy (non-hydrogen) atoms. The van der Waals surface area contributed by atoms with Gasteiger partial charge in [-0.15, -0.1) is 0 Å². The normalized spacial score (nSPS) is 27.8. The summed E-state index contributed by atoms with van der Waals surface area (Å²) in [5, 5.41) is 5.04. The van der Waals surface area contributed by atoms with Crippen LogP contribution in [0.2, 0.25) is 0 Å². The molecule has 3 fully saturated rings. The first-order valence-corrected chi connectivity index (χ1v) is 15.3. The molecule has 11 heteroatoms. The van der Waals surface area contributed by atoms with Gasteiger partial charge in [0.05, 0.1) is 37.6 Å². The van der Waals surface area contributed by atoms with Crippen molar-refractivity contribution in [2.24, 2.45) is 5.92 Å². The monoisotopic (exact) mass is 583 g/mol. The number of carbonyl (C=O) groups excluding carboxylic acids is 3. The fourth-order valence-electron chi connectivity index (χ4n) is 5.39. The second-order valence-electron chi connectivity index (χ2n) is 11.0. The predicted molar refractivity (Wildman–Crippen MR) is 156 cm³/mol. The molecule has 2 heterocycles. The van der Waals surface area contributed by atoms with Gasteiger partial charge in [0.1, 0.15) is 12.2 Å². The van der Waals surface area contributed by atoms with Gasteiger partial charge in [0.2, 0.25) is 5.91 Å². The van der Waals surface area contributed by atoms with E-state index in [9.17, 15) is 14.4 Å². The number of hydrogen-bond acceptors (Lipinski definition) is 9. The Balaban J connectivity index is 0.00000287. The Morgan fingerprint density at radius 3 is 2.44 bits per heavy atom. The summed E-state index contributed by atoms with van der Waals surface area (Å²) in [4.78, 5) is 38.9. The molecule has 0 bridgehead atoms. The minimum Gasteiger partial charge on any atom is -0.450 e. The van der Waals surface area contributed by atoms with E-state index in [4.69, 9.17) is 23.7 Å². The van der Waals surface area contributed by atoms with Crippen molar-refractivity contribution in [3.05, 3.63) is 11.6 Å². The van der Waals surface area contributed by atoms with Crippen LogP contribution in [-0.2, 0) is 28.5 Å². The Morgan fingerprint density at radius 2 is 1.83 bits per heavy atom. The predicted octanol–water partition coefficient (Wildman–Crippen LogP) is 4.19. The van der Waals surface area contributed by atoms with Crippen LogP contribution in [-0.4, -0.2) is 99.5 Å². The minimum absolute atomic E-state index is 0.00933. The number of unbranched alkanes of at least 4 members (excludes halogenated alkanes) is 1. The van der Waals surface area contributed by atoms with Gasteiger partial charge in [0, 0.05) is 26.1 Å². The molecule has 0 radical (unpaired) electrons. The second kappa shape index (κ2) is 17.7. The lowest BCUT2D eigenvalue weighted by Crippen LogP contribution is -2.53. The molecule has 2 saturated heterocycles. The summed E-state index contributed by atoms with van der Waals surface area (Å²) in [6.45, 7) is 14.6. The lowest BCUT2D eigenvalue weighted by atomic mass is 9.73. The average Bonchev–Trinajstić information content (AvgIpc) is 3.87. The van der Waals surface area contributed by atoms with Gasteiger partial charge in [-0.05, 0) is 52.5 Å². The zero-order valence-electron chi connectivity index (χ0n) is 26.2. The summed E-state index contributed by atoms with van der Waals surface area (Å²) in [7, 11) is 1.61. The van der Waals surface area contributed by atoms with Crippen LogP contribution in [0.15, 0.2) is 11.6 Å². The fraction of sp³-hybridized carbons (Fsp3) is 0.833. The summed E-state index contributed by atoms with van der Waals surface area (Å²) in [6.07, 6.45) is 4.87. The van der Waals surface area contributed by atoms with Gasteiger partial charge in [0.25, 0.3) is 0 Å². The molecule has 3 amide bonds. The molecule has 0 aromatic heterocycles. The Kier molecular flexibility index (Phi) is 15.1. The third-order valence-electron chi connectivity index (χ3n) is 7.54. The van der Waals surface area contributed by atoms with E-state index in [1.54, 1.807) is 7.11 Å². The van der Waals surface area contributed by atoms with Crippen LogP contribution in [0, 0.1) is 5.92 Å². The topological polar surface area (TPSA) is 131 Å². The smallest absolute Gasteiger partial charge is 0.414 e. The van der Waals surface area contributed by atoms with Crippen LogP contribution >= 0.6 is 0 Å². The van der Waals surface area contributed by atoms with Crippen LogP contribution in [0.4, 0.5) is 9.59 Å². The number of nitrogens with one attached hydrogen (secondary N) is 2. The molecule has 2 aliphatic heterocycles. The highest BCUT2D eigenvalue weighted by Crippen LogP contribution is 2.54. The molecule has 11 nitrogen and oxygen atoms in total. The van der Waals surface area contributed by atoms with E-state index in [2.05, 4.69) is 30.6 Å². The van der Waals surface area contributed by atoms with E-state index in [1.807, 2.05) is 32.6 Å². The summed E-state index contributed by atoms with van der Waals surface area (Å²) in [6, 6.07) is 0.